The van der Waals surface area contributed by atoms with Crippen molar-refractivity contribution in [3.05, 3.63) is 0 Å². The van der Waals surface area contributed by atoms with Gasteiger partial charge in [-0.15, -0.1) is 0 Å². The van der Waals surface area contributed by atoms with E-state index in [-0.39, 0.29) is 0 Å². The van der Waals surface area contributed by atoms with E-state index in [0.717, 1.165) is 43.8 Å². The van der Waals surface area contributed by atoms with Crippen molar-refractivity contribution >= 4 is 6.03 Å². The summed E-state index contributed by atoms with van der Waals surface area (Å²) in [7, 11) is 2.23. The van der Waals surface area contributed by atoms with Gasteiger partial charge in [0.25, 0.3) is 0 Å². The number of piperazine rings is 1. The van der Waals surface area contributed by atoms with Gasteiger partial charge < -0.3 is 15.5 Å². The number of hydrazine groups is 1. The second-order valence-corrected chi connectivity index (χ2v) is 3.96. The van der Waals surface area contributed by atoms with Crippen molar-refractivity contribution in [3.8, 4) is 0 Å². The molecule has 1 rings (SSSR count). The lowest BCUT2D eigenvalue weighted by Crippen LogP contribution is -2.58. The molecule has 1 saturated heterocycles. The maximum atomic E-state index is 10.4. The largest absolute Gasteiger partial charge is 0.351 e. The third-order valence-electron chi connectivity index (χ3n) is 2.65. The van der Waals surface area contributed by atoms with E-state index in [0.29, 0.717) is 0 Å². The Morgan fingerprint density at radius 1 is 1.50 bits per heavy atom. The van der Waals surface area contributed by atoms with Crippen molar-refractivity contribution in [2.45, 2.75) is 0 Å². The summed E-state index contributed by atoms with van der Waals surface area (Å²) < 4.78 is 1.04. The first kappa shape index (κ1) is 11.2. The third-order valence-corrected chi connectivity index (χ3v) is 2.65. The number of quaternary nitrogens is 1. The minimum absolute atomic E-state index is 0.534. The number of nitrogens with zero attached hydrogens (tertiary/aromatic N) is 1. The van der Waals surface area contributed by atoms with Gasteiger partial charge in [0, 0.05) is 13.1 Å². The molecule has 0 saturated carbocycles. The van der Waals surface area contributed by atoms with Crippen LogP contribution in [0.5, 0.6) is 0 Å². The summed E-state index contributed by atoms with van der Waals surface area (Å²) >= 11 is 0. The summed E-state index contributed by atoms with van der Waals surface area (Å²) in [6, 6.07) is -0.534. The number of urea groups is 1. The van der Waals surface area contributed by atoms with Crippen molar-refractivity contribution in [1.82, 2.24) is 16.2 Å². The predicted molar refractivity (Wildman–Crippen MR) is 54.4 cm³/mol. The standard InChI is InChI=1S/C8H19N5O/c1-13(5-2-10-3-6-13)7-4-11-12-8(9)14/h10-11H,2-7H2,1H3,(H2-,9,12,14)/p+1. The summed E-state index contributed by atoms with van der Waals surface area (Å²) in [6.07, 6.45) is 0. The molecule has 1 aliphatic heterocycles. The van der Waals surface area contributed by atoms with Crippen LogP contribution in [0.2, 0.25) is 0 Å². The van der Waals surface area contributed by atoms with Gasteiger partial charge in [-0.3, -0.25) is 5.43 Å². The van der Waals surface area contributed by atoms with Crippen LogP contribution in [0.1, 0.15) is 0 Å². The molecule has 0 aliphatic carbocycles. The lowest BCUT2D eigenvalue weighted by Gasteiger charge is -2.38. The molecule has 0 aromatic carbocycles. The molecule has 1 fully saturated rings. The Bertz CT molecular complexity index is 190. The lowest BCUT2D eigenvalue weighted by molar-refractivity contribution is -0.910. The molecular weight excluding hydrogens is 182 g/mol. The van der Waals surface area contributed by atoms with Gasteiger partial charge in [0.15, 0.2) is 0 Å². The smallest absolute Gasteiger partial charge is 0.326 e. The number of primary amides is 1. The lowest BCUT2D eigenvalue weighted by atomic mass is 10.3. The number of carbonyl (C=O) groups excluding carboxylic acids is 1. The molecule has 0 aromatic rings. The van der Waals surface area contributed by atoms with Gasteiger partial charge in [0.1, 0.15) is 0 Å². The average molecular weight is 202 g/mol. The van der Waals surface area contributed by atoms with Crippen LogP contribution in [0.4, 0.5) is 4.79 Å². The highest BCUT2D eigenvalue weighted by Gasteiger charge is 2.23. The molecule has 82 valence electrons. The average Bonchev–Trinajstić information content (AvgIpc) is 2.14. The highest BCUT2D eigenvalue weighted by atomic mass is 16.2. The van der Waals surface area contributed by atoms with E-state index >= 15 is 0 Å². The molecule has 6 heteroatoms. The first-order valence-electron chi connectivity index (χ1n) is 4.95. The van der Waals surface area contributed by atoms with E-state index in [2.05, 4.69) is 23.2 Å². The first-order chi connectivity index (χ1) is 6.62. The molecule has 5 N–H and O–H groups in total. The number of nitrogens with two attached hydrogens (primary N) is 1. The third kappa shape index (κ3) is 3.91. The fourth-order valence-corrected chi connectivity index (χ4v) is 1.63. The number of nitrogens with one attached hydrogen (secondary N) is 3. The molecular formula is C8H20N5O+. The SMILES string of the molecule is C[N+]1(CCNNC(N)=O)CCNCC1. The van der Waals surface area contributed by atoms with Gasteiger partial charge in [-0.1, -0.05) is 0 Å². The normalized spacial score (nSPS) is 20.4. The van der Waals surface area contributed by atoms with Gasteiger partial charge in [-0.25, -0.2) is 10.2 Å². The van der Waals surface area contributed by atoms with Crippen LogP contribution in [0.3, 0.4) is 0 Å². The first-order valence-corrected chi connectivity index (χ1v) is 4.95. The van der Waals surface area contributed by atoms with Crippen LogP contribution in [0.15, 0.2) is 0 Å². The molecule has 2 amide bonds. The molecule has 0 spiro atoms. The van der Waals surface area contributed by atoms with Gasteiger partial charge in [0.05, 0.1) is 33.2 Å². The second-order valence-electron chi connectivity index (χ2n) is 3.96. The molecule has 0 aromatic heterocycles. The highest BCUT2D eigenvalue weighted by Crippen LogP contribution is 2.02. The fraction of sp³-hybridized carbons (Fsp3) is 0.875. The Hall–Kier alpha value is -0.850. The van der Waals surface area contributed by atoms with Crippen molar-refractivity contribution in [2.75, 3.05) is 46.3 Å². The maximum absolute atomic E-state index is 10.4. The minimum Gasteiger partial charge on any atom is -0.351 e. The van der Waals surface area contributed by atoms with E-state index in [1.165, 1.54) is 0 Å². The van der Waals surface area contributed by atoms with Crippen molar-refractivity contribution < 1.29 is 9.28 Å². The zero-order valence-corrected chi connectivity index (χ0v) is 8.68. The molecule has 14 heavy (non-hydrogen) atoms. The minimum atomic E-state index is -0.534. The summed E-state index contributed by atoms with van der Waals surface area (Å²) in [6.45, 7) is 6.16. The van der Waals surface area contributed by atoms with Crippen molar-refractivity contribution in [2.24, 2.45) is 5.73 Å². The number of carbonyl (C=O) groups is 1. The predicted octanol–water partition coefficient (Wildman–Crippen LogP) is -1.79. The van der Waals surface area contributed by atoms with Crippen LogP contribution in [0.25, 0.3) is 0 Å². The van der Waals surface area contributed by atoms with Crippen LogP contribution < -0.4 is 21.9 Å². The van der Waals surface area contributed by atoms with Gasteiger partial charge in [0.2, 0.25) is 0 Å². The quantitative estimate of drug-likeness (QED) is 0.247. The monoisotopic (exact) mass is 202 g/mol. The molecule has 1 heterocycles. The molecule has 0 radical (unpaired) electrons. The molecule has 1 aliphatic rings. The van der Waals surface area contributed by atoms with E-state index in [1.54, 1.807) is 0 Å². The zero-order valence-electron chi connectivity index (χ0n) is 8.68. The van der Waals surface area contributed by atoms with Crippen LogP contribution in [-0.2, 0) is 0 Å². The van der Waals surface area contributed by atoms with Crippen LogP contribution >= 0.6 is 0 Å². The Morgan fingerprint density at radius 2 is 2.14 bits per heavy atom. The number of amides is 2. The summed E-state index contributed by atoms with van der Waals surface area (Å²) in [4.78, 5) is 10.4. The number of hydrogen-bond acceptors (Lipinski definition) is 3. The zero-order chi connectivity index (χ0) is 10.4. The Balaban J connectivity index is 2.12. The van der Waals surface area contributed by atoms with E-state index in [4.69, 9.17) is 5.73 Å². The van der Waals surface area contributed by atoms with Crippen LogP contribution in [0, 0.1) is 0 Å². The second kappa shape index (κ2) is 5.14. The van der Waals surface area contributed by atoms with Crippen molar-refractivity contribution in [3.63, 3.8) is 0 Å². The Labute approximate surface area is 84.4 Å². The summed E-state index contributed by atoms with van der Waals surface area (Å²) in [5.74, 6) is 0. The molecule has 6 nitrogen and oxygen atoms in total. The van der Waals surface area contributed by atoms with Gasteiger partial charge >= 0.3 is 6.03 Å². The van der Waals surface area contributed by atoms with E-state index < -0.39 is 6.03 Å². The molecule has 0 atom stereocenters. The number of likely N-dealkylation sites (N-methyl/N-ethyl adjacent to an activating group) is 1. The van der Waals surface area contributed by atoms with Gasteiger partial charge in [-0.2, -0.15) is 0 Å². The topological polar surface area (TPSA) is 79.2 Å². The van der Waals surface area contributed by atoms with E-state index in [9.17, 15) is 4.79 Å². The molecule has 0 unspecified atom stereocenters. The Morgan fingerprint density at radius 3 is 2.71 bits per heavy atom. The number of rotatable bonds is 4. The summed E-state index contributed by atoms with van der Waals surface area (Å²) in [5.41, 5.74) is 10.1. The highest BCUT2D eigenvalue weighted by molar-refractivity contribution is 5.70. The maximum Gasteiger partial charge on any atom is 0.326 e. The fourth-order valence-electron chi connectivity index (χ4n) is 1.63. The van der Waals surface area contributed by atoms with Crippen LogP contribution in [-0.4, -0.2) is 56.8 Å². The summed E-state index contributed by atoms with van der Waals surface area (Å²) in [5, 5.41) is 3.32. The van der Waals surface area contributed by atoms with Crippen molar-refractivity contribution in [1.29, 1.82) is 0 Å². The molecule has 0 bridgehead atoms. The van der Waals surface area contributed by atoms with Gasteiger partial charge in [-0.05, 0) is 0 Å². The van der Waals surface area contributed by atoms with E-state index in [1.807, 2.05) is 0 Å². The number of hydrogen-bond donors (Lipinski definition) is 4. The Kier molecular flexibility index (Phi) is 4.12.